The maximum Gasteiger partial charge on any atom is 0.253 e. The predicted molar refractivity (Wildman–Crippen MR) is 88.3 cm³/mol. The summed E-state index contributed by atoms with van der Waals surface area (Å²) in [6.07, 6.45) is 1.87. The van der Waals surface area contributed by atoms with Gasteiger partial charge in [0.15, 0.2) is 5.13 Å². The third-order valence-corrected chi connectivity index (χ3v) is 4.11. The molecule has 112 valence electrons. The zero-order valence-corrected chi connectivity index (χ0v) is 12.9. The van der Waals surface area contributed by atoms with E-state index in [2.05, 4.69) is 10.3 Å². The Morgan fingerprint density at radius 1 is 1.36 bits per heavy atom. The number of carbonyl (C=O) groups is 1. The summed E-state index contributed by atoms with van der Waals surface area (Å²) in [6.45, 7) is 2.14. The maximum absolute atomic E-state index is 12.3. The molecule has 22 heavy (non-hydrogen) atoms. The molecule has 0 fully saturated rings. The Labute approximate surface area is 131 Å². The molecule has 0 aliphatic rings. The maximum atomic E-state index is 12.3. The Bertz CT molecular complexity index is 869. The molecule has 1 amide bonds. The number of carbonyl (C=O) groups excluding carboxylic acids is 1. The van der Waals surface area contributed by atoms with E-state index in [1.165, 1.54) is 11.3 Å². The van der Waals surface area contributed by atoms with Crippen molar-refractivity contribution >= 4 is 33.3 Å². The van der Waals surface area contributed by atoms with E-state index in [4.69, 9.17) is 0 Å². The molecular weight excluding hydrogens is 298 g/mol. The lowest BCUT2D eigenvalue weighted by atomic mass is 10.1. The van der Waals surface area contributed by atoms with Crippen LogP contribution in [0.3, 0.4) is 0 Å². The summed E-state index contributed by atoms with van der Waals surface area (Å²) in [5, 5.41) is 6.10. The van der Waals surface area contributed by atoms with Crippen molar-refractivity contribution in [1.82, 2.24) is 9.55 Å². The number of fused-ring (bicyclic) bond motifs is 1. The lowest BCUT2D eigenvalue weighted by Gasteiger charge is -2.11. The van der Waals surface area contributed by atoms with Crippen molar-refractivity contribution in [1.29, 1.82) is 0 Å². The van der Waals surface area contributed by atoms with E-state index in [0.29, 0.717) is 17.2 Å². The third kappa shape index (κ3) is 2.92. The van der Waals surface area contributed by atoms with Crippen LogP contribution >= 0.6 is 11.3 Å². The van der Waals surface area contributed by atoms with Crippen molar-refractivity contribution < 1.29 is 4.79 Å². The van der Waals surface area contributed by atoms with Crippen molar-refractivity contribution in [3.05, 3.63) is 57.8 Å². The van der Waals surface area contributed by atoms with Crippen LogP contribution in [0.25, 0.3) is 10.9 Å². The molecule has 2 aromatic heterocycles. The second-order valence-electron chi connectivity index (χ2n) is 4.98. The van der Waals surface area contributed by atoms with Gasteiger partial charge in [0, 0.05) is 30.1 Å². The van der Waals surface area contributed by atoms with Gasteiger partial charge in [-0.25, -0.2) is 4.98 Å². The SMILES string of the molecule is Cc1cc2ccccc2n(CCC(=O)Nc2nccs2)c1=O. The van der Waals surface area contributed by atoms with E-state index >= 15 is 0 Å². The fourth-order valence-corrected chi connectivity index (χ4v) is 2.92. The Morgan fingerprint density at radius 2 is 2.18 bits per heavy atom. The number of benzene rings is 1. The molecule has 2 heterocycles. The molecule has 5 nitrogen and oxygen atoms in total. The van der Waals surface area contributed by atoms with E-state index in [9.17, 15) is 9.59 Å². The van der Waals surface area contributed by atoms with E-state index in [-0.39, 0.29) is 17.9 Å². The number of amides is 1. The molecule has 6 heteroatoms. The van der Waals surface area contributed by atoms with Crippen LogP contribution in [0.4, 0.5) is 5.13 Å². The Hall–Kier alpha value is -2.47. The molecule has 0 unspecified atom stereocenters. The van der Waals surface area contributed by atoms with Crippen molar-refractivity contribution in [3.8, 4) is 0 Å². The molecule has 0 saturated carbocycles. The molecule has 3 rings (SSSR count). The van der Waals surface area contributed by atoms with Gasteiger partial charge < -0.3 is 9.88 Å². The molecule has 0 spiro atoms. The van der Waals surface area contributed by atoms with Crippen LogP contribution in [0.2, 0.25) is 0 Å². The van der Waals surface area contributed by atoms with Gasteiger partial charge in [0.25, 0.3) is 5.56 Å². The first-order chi connectivity index (χ1) is 10.6. The number of thiazole rings is 1. The Kier molecular flexibility index (Phi) is 4.02. The summed E-state index contributed by atoms with van der Waals surface area (Å²) >= 11 is 1.37. The van der Waals surface area contributed by atoms with Crippen LogP contribution in [0.1, 0.15) is 12.0 Å². The van der Waals surface area contributed by atoms with Crippen LogP contribution in [-0.2, 0) is 11.3 Å². The number of nitrogens with one attached hydrogen (secondary N) is 1. The van der Waals surface area contributed by atoms with Gasteiger partial charge in [-0.3, -0.25) is 9.59 Å². The highest BCUT2D eigenvalue weighted by molar-refractivity contribution is 7.13. The minimum Gasteiger partial charge on any atom is -0.308 e. The molecule has 0 aliphatic heterocycles. The number of hydrogen-bond acceptors (Lipinski definition) is 4. The third-order valence-electron chi connectivity index (χ3n) is 3.42. The van der Waals surface area contributed by atoms with Crippen molar-refractivity contribution in [2.45, 2.75) is 19.9 Å². The van der Waals surface area contributed by atoms with Gasteiger partial charge in [0.05, 0.1) is 5.52 Å². The molecule has 1 N–H and O–H groups in total. The van der Waals surface area contributed by atoms with Gasteiger partial charge in [-0.2, -0.15) is 0 Å². The first-order valence-corrected chi connectivity index (χ1v) is 7.81. The molecule has 0 saturated heterocycles. The molecule has 0 bridgehead atoms. The minimum absolute atomic E-state index is 0.0549. The minimum atomic E-state index is -0.146. The summed E-state index contributed by atoms with van der Waals surface area (Å²) in [7, 11) is 0. The number of aryl methyl sites for hydroxylation is 2. The second-order valence-corrected chi connectivity index (χ2v) is 5.87. The highest BCUT2D eigenvalue weighted by atomic mass is 32.1. The first-order valence-electron chi connectivity index (χ1n) is 6.93. The van der Waals surface area contributed by atoms with Crippen LogP contribution < -0.4 is 10.9 Å². The zero-order valence-electron chi connectivity index (χ0n) is 12.1. The van der Waals surface area contributed by atoms with Gasteiger partial charge in [0.1, 0.15) is 0 Å². The number of rotatable bonds is 4. The highest BCUT2D eigenvalue weighted by Crippen LogP contribution is 2.14. The topological polar surface area (TPSA) is 64.0 Å². The van der Waals surface area contributed by atoms with Gasteiger partial charge in [-0.05, 0) is 24.4 Å². The summed E-state index contributed by atoms with van der Waals surface area (Å²) in [5.41, 5.74) is 1.47. The predicted octanol–water partition coefficient (Wildman–Crippen LogP) is 2.80. The highest BCUT2D eigenvalue weighted by Gasteiger charge is 2.09. The largest absolute Gasteiger partial charge is 0.308 e. The molecule has 1 aromatic carbocycles. The standard InChI is InChI=1S/C16H15N3O2S/c1-11-10-12-4-2-3-5-13(12)19(15(11)21)8-6-14(20)18-16-17-7-9-22-16/h2-5,7,9-10H,6,8H2,1H3,(H,17,18,20). The summed E-state index contributed by atoms with van der Waals surface area (Å²) in [5.74, 6) is -0.146. The average Bonchev–Trinajstić information content (AvgIpc) is 3.00. The molecule has 3 aromatic rings. The first kappa shape index (κ1) is 14.5. The fourth-order valence-electron chi connectivity index (χ4n) is 2.37. The number of aromatic nitrogens is 2. The lowest BCUT2D eigenvalue weighted by molar-refractivity contribution is -0.116. The van der Waals surface area contributed by atoms with Crippen molar-refractivity contribution in [2.24, 2.45) is 0 Å². The Morgan fingerprint density at radius 3 is 2.95 bits per heavy atom. The van der Waals surface area contributed by atoms with Crippen molar-refractivity contribution in [3.63, 3.8) is 0 Å². The smallest absolute Gasteiger partial charge is 0.253 e. The van der Waals surface area contributed by atoms with E-state index < -0.39 is 0 Å². The van der Waals surface area contributed by atoms with Crippen LogP contribution in [-0.4, -0.2) is 15.5 Å². The van der Waals surface area contributed by atoms with Crippen LogP contribution in [0.5, 0.6) is 0 Å². The summed E-state index contributed by atoms with van der Waals surface area (Å²) in [6, 6.07) is 9.57. The van der Waals surface area contributed by atoms with Crippen LogP contribution in [0, 0.1) is 6.92 Å². The quantitative estimate of drug-likeness (QED) is 0.805. The molecule has 0 aliphatic carbocycles. The van der Waals surface area contributed by atoms with Gasteiger partial charge in [0.2, 0.25) is 5.91 Å². The number of pyridine rings is 1. The normalized spacial score (nSPS) is 10.8. The lowest BCUT2D eigenvalue weighted by Crippen LogP contribution is -2.25. The number of anilines is 1. The van der Waals surface area contributed by atoms with Gasteiger partial charge in [-0.15, -0.1) is 11.3 Å². The number of hydrogen-bond donors (Lipinski definition) is 1. The zero-order chi connectivity index (χ0) is 15.5. The number of nitrogens with zero attached hydrogens (tertiary/aromatic N) is 2. The number of para-hydroxylation sites is 1. The van der Waals surface area contributed by atoms with E-state index in [1.54, 1.807) is 23.1 Å². The van der Waals surface area contributed by atoms with E-state index in [0.717, 1.165) is 10.9 Å². The summed E-state index contributed by atoms with van der Waals surface area (Å²) < 4.78 is 1.66. The molecular formula is C16H15N3O2S. The molecule has 0 atom stereocenters. The molecule has 0 radical (unpaired) electrons. The summed E-state index contributed by atoms with van der Waals surface area (Å²) in [4.78, 5) is 28.3. The Balaban J connectivity index is 1.83. The van der Waals surface area contributed by atoms with E-state index in [1.807, 2.05) is 30.3 Å². The second kappa shape index (κ2) is 6.11. The van der Waals surface area contributed by atoms with Gasteiger partial charge in [-0.1, -0.05) is 18.2 Å². The average molecular weight is 313 g/mol. The van der Waals surface area contributed by atoms with Gasteiger partial charge >= 0.3 is 0 Å². The van der Waals surface area contributed by atoms with Crippen LogP contribution in [0.15, 0.2) is 46.7 Å². The fraction of sp³-hybridized carbons (Fsp3) is 0.188. The van der Waals surface area contributed by atoms with Crippen molar-refractivity contribution in [2.75, 3.05) is 5.32 Å². The monoisotopic (exact) mass is 313 g/mol.